The van der Waals surface area contributed by atoms with Crippen molar-refractivity contribution in [1.82, 2.24) is 20.0 Å². The van der Waals surface area contributed by atoms with Gasteiger partial charge in [0, 0.05) is 36.1 Å². The molecule has 0 atom stereocenters. The van der Waals surface area contributed by atoms with Crippen molar-refractivity contribution in [2.24, 2.45) is 0 Å². The van der Waals surface area contributed by atoms with E-state index in [2.05, 4.69) is 20.6 Å². The van der Waals surface area contributed by atoms with E-state index in [4.69, 9.17) is 0 Å². The van der Waals surface area contributed by atoms with Gasteiger partial charge in [-0.15, -0.1) is 5.10 Å². The molecule has 1 aromatic carbocycles. The minimum absolute atomic E-state index is 0.278. The van der Waals surface area contributed by atoms with Crippen LogP contribution in [0.3, 0.4) is 0 Å². The molecule has 0 saturated heterocycles. The van der Waals surface area contributed by atoms with Crippen LogP contribution in [0, 0.1) is 5.82 Å². The highest BCUT2D eigenvalue weighted by atomic mass is 19.1. The molecule has 3 rings (SSSR count). The second kappa shape index (κ2) is 5.01. The van der Waals surface area contributed by atoms with Crippen LogP contribution >= 0.6 is 0 Å². The summed E-state index contributed by atoms with van der Waals surface area (Å²) in [5.74, 6) is -0.278. The highest BCUT2D eigenvalue weighted by Gasteiger charge is 2.02. The first-order valence-electron chi connectivity index (χ1n) is 5.95. The molecule has 19 heavy (non-hydrogen) atoms. The fraction of sp³-hybridized carbons (Fsp3) is 0.154. The first-order chi connectivity index (χ1) is 9.33. The van der Waals surface area contributed by atoms with Crippen LogP contribution in [0.25, 0.3) is 10.9 Å². The van der Waals surface area contributed by atoms with E-state index in [1.807, 2.05) is 12.3 Å². The molecule has 0 aliphatic rings. The molecule has 0 aliphatic heterocycles. The van der Waals surface area contributed by atoms with Crippen LogP contribution in [0.5, 0.6) is 0 Å². The second-order valence-electron chi connectivity index (χ2n) is 4.11. The summed E-state index contributed by atoms with van der Waals surface area (Å²) in [5.41, 5.74) is 1.58. The van der Waals surface area contributed by atoms with Crippen molar-refractivity contribution in [2.75, 3.05) is 11.9 Å². The number of halogens is 1. The highest BCUT2D eigenvalue weighted by molar-refractivity contribution is 5.90. The Morgan fingerprint density at radius 3 is 3.00 bits per heavy atom. The maximum atomic E-state index is 13.1. The highest BCUT2D eigenvalue weighted by Crippen LogP contribution is 2.21. The number of pyridine rings is 1. The van der Waals surface area contributed by atoms with Crippen LogP contribution in [-0.4, -0.2) is 26.5 Å². The van der Waals surface area contributed by atoms with Crippen molar-refractivity contribution >= 4 is 16.6 Å². The normalized spacial score (nSPS) is 10.8. The predicted molar refractivity (Wildman–Crippen MR) is 70.2 cm³/mol. The van der Waals surface area contributed by atoms with Gasteiger partial charge in [-0.2, -0.15) is 0 Å². The molecule has 2 aromatic heterocycles. The van der Waals surface area contributed by atoms with E-state index in [0.717, 1.165) is 11.1 Å². The van der Waals surface area contributed by atoms with Gasteiger partial charge >= 0.3 is 0 Å². The Labute approximate surface area is 109 Å². The van der Waals surface area contributed by atoms with Crippen molar-refractivity contribution in [1.29, 1.82) is 0 Å². The summed E-state index contributed by atoms with van der Waals surface area (Å²) in [5, 5.41) is 11.8. The number of nitrogens with one attached hydrogen (secondary N) is 1. The molecule has 0 aliphatic carbocycles. The summed E-state index contributed by atoms with van der Waals surface area (Å²) in [6, 6.07) is 6.47. The molecular formula is C13H12FN5. The third-order valence-corrected chi connectivity index (χ3v) is 2.83. The number of nitrogens with zero attached hydrogens (tertiary/aromatic N) is 4. The third kappa shape index (κ3) is 2.52. The molecule has 2 heterocycles. The molecule has 0 amide bonds. The van der Waals surface area contributed by atoms with Crippen molar-refractivity contribution in [3.8, 4) is 0 Å². The fourth-order valence-corrected chi connectivity index (χ4v) is 1.93. The van der Waals surface area contributed by atoms with Crippen LogP contribution < -0.4 is 5.32 Å². The van der Waals surface area contributed by atoms with Gasteiger partial charge in [0.2, 0.25) is 0 Å². The van der Waals surface area contributed by atoms with Crippen molar-refractivity contribution in [3.05, 3.63) is 48.7 Å². The Bertz CT molecular complexity index is 681. The molecule has 1 N–H and O–H groups in total. The topological polar surface area (TPSA) is 55.6 Å². The van der Waals surface area contributed by atoms with Gasteiger partial charge in [0.15, 0.2) is 0 Å². The maximum Gasteiger partial charge on any atom is 0.125 e. The number of hydrogen-bond acceptors (Lipinski definition) is 4. The van der Waals surface area contributed by atoms with Crippen LogP contribution in [0.1, 0.15) is 0 Å². The van der Waals surface area contributed by atoms with Crippen LogP contribution in [0.4, 0.5) is 10.1 Å². The molecule has 0 saturated carbocycles. The molecule has 3 aromatic rings. The lowest BCUT2D eigenvalue weighted by Crippen LogP contribution is -2.11. The number of aromatic nitrogens is 4. The Balaban J connectivity index is 1.77. The Morgan fingerprint density at radius 2 is 2.16 bits per heavy atom. The smallest absolute Gasteiger partial charge is 0.125 e. The van der Waals surface area contributed by atoms with E-state index in [0.29, 0.717) is 18.6 Å². The van der Waals surface area contributed by atoms with E-state index in [-0.39, 0.29) is 5.82 Å². The van der Waals surface area contributed by atoms with Gasteiger partial charge in [0.05, 0.1) is 18.3 Å². The molecule has 5 nitrogen and oxygen atoms in total. The first kappa shape index (κ1) is 11.6. The van der Waals surface area contributed by atoms with E-state index in [1.54, 1.807) is 23.1 Å². The average Bonchev–Trinajstić information content (AvgIpc) is 2.92. The van der Waals surface area contributed by atoms with Crippen molar-refractivity contribution in [2.45, 2.75) is 6.54 Å². The summed E-state index contributed by atoms with van der Waals surface area (Å²) < 4.78 is 14.9. The first-order valence-corrected chi connectivity index (χ1v) is 5.95. The molecular weight excluding hydrogens is 245 g/mol. The van der Waals surface area contributed by atoms with E-state index in [9.17, 15) is 4.39 Å². The average molecular weight is 257 g/mol. The number of hydrogen-bond donors (Lipinski definition) is 1. The zero-order valence-electron chi connectivity index (χ0n) is 10.1. The van der Waals surface area contributed by atoms with Crippen molar-refractivity contribution in [3.63, 3.8) is 0 Å². The summed E-state index contributed by atoms with van der Waals surface area (Å²) in [6.07, 6.45) is 5.12. The van der Waals surface area contributed by atoms with Gasteiger partial charge in [-0.3, -0.25) is 9.67 Å². The number of fused-ring (bicyclic) bond motifs is 1. The summed E-state index contributed by atoms with van der Waals surface area (Å²) >= 11 is 0. The minimum atomic E-state index is -0.278. The maximum absolute atomic E-state index is 13.1. The molecule has 96 valence electrons. The summed E-state index contributed by atoms with van der Waals surface area (Å²) in [4.78, 5) is 4.15. The monoisotopic (exact) mass is 257 g/mol. The fourth-order valence-electron chi connectivity index (χ4n) is 1.93. The zero-order chi connectivity index (χ0) is 13.1. The lowest BCUT2D eigenvalue weighted by molar-refractivity contribution is 0.609. The van der Waals surface area contributed by atoms with E-state index < -0.39 is 0 Å². The van der Waals surface area contributed by atoms with Gasteiger partial charge < -0.3 is 5.32 Å². The van der Waals surface area contributed by atoms with Gasteiger partial charge in [0.1, 0.15) is 5.82 Å². The lowest BCUT2D eigenvalue weighted by Gasteiger charge is -2.09. The quantitative estimate of drug-likeness (QED) is 0.777. The Hall–Kier alpha value is -2.50. The predicted octanol–water partition coefficient (Wildman–Crippen LogP) is 2.08. The largest absolute Gasteiger partial charge is 0.383 e. The van der Waals surface area contributed by atoms with Crippen molar-refractivity contribution < 1.29 is 4.39 Å². The van der Waals surface area contributed by atoms with E-state index >= 15 is 0 Å². The second-order valence-corrected chi connectivity index (χ2v) is 4.11. The Kier molecular flexibility index (Phi) is 3.06. The molecule has 0 fully saturated rings. The third-order valence-electron chi connectivity index (χ3n) is 2.83. The molecule has 0 unspecified atom stereocenters. The minimum Gasteiger partial charge on any atom is -0.383 e. The van der Waals surface area contributed by atoms with Gasteiger partial charge in [-0.25, -0.2) is 4.39 Å². The summed E-state index contributed by atoms with van der Waals surface area (Å²) in [7, 11) is 0. The Morgan fingerprint density at radius 1 is 1.21 bits per heavy atom. The van der Waals surface area contributed by atoms with Gasteiger partial charge in [0.25, 0.3) is 0 Å². The standard InChI is InChI=1S/C13H12FN5/c14-10-1-2-11-12(3-4-15-13(11)9-10)16-5-7-19-8-6-17-18-19/h1-4,6,8-9H,5,7H2,(H,15,16). The van der Waals surface area contributed by atoms with Crippen LogP contribution in [0.15, 0.2) is 42.9 Å². The summed E-state index contributed by atoms with van der Waals surface area (Å²) in [6.45, 7) is 1.42. The SMILES string of the molecule is Fc1ccc2c(NCCn3ccnn3)ccnc2c1. The van der Waals surface area contributed by atoms with Gasteiger partial charge in [-0.05, 0) is 18.2 Å². The zero-order valence-corrected chi connectivity index (χ0v) is 10.1. The molecule has 0 bridgehead atoms. The van der Waals surface area contributed by atoms with Crippen LogP contribution in [-0.2, 0) is 6.54 Å². The number of rotatable bonds is 4. The van der Waals surface area contributed by atoms with E-state index in [1.165, 1.54) is 12.1 Å². The molecule has 6 heteroatoms. The van der Waals surface area contributed by atoms with Crippen LogP contribution in [0.2, 0.25) is 0 Å². The lowest BCUT2D eigenvalue weighted by atomic mass is 10.2. The molecule has 0 spiro atoms. The molecule has 0 radical (unpaired) electrons. The van der Waals surface area contributed by atoms with Gasteiger partial charge in [-0.1, -0.05) is 5.21 Å². The number of benzene rings is 1. The number of anilines is 1.